The first-order valence-electron chi connectivity index (χ1n) is 12.0. The summed E-state index contributed by atoms with van der Waals surface area (Å²) in [5.74, 6) is 0.116. The molecule has 2 unspecified atom stereocenters. The number of amidine groups is 1. The molecule has 1 saturated heterocycles. The van der Waals surface area contributed by atoms with E-state index in [0.717, 1.165) is 17.7 Å². The van der Waals surface area contributed by atoms with Crippen LogP contribution in [0, 0.1) is 6.92 Å². The van der Waals surface area contributed by atoms with Gasteiger partial charge in [-0.25, -0.2) is 4.79 Å². The van der Waals surface area contributed by atoms with Crippen LogP contribution in [0.3, 0.4) is 0 Å². The molecule has 10 heteroatoms. The van der Waals surface area contributed by atoms with Gasteiger partial charge in [0.25, 0.3) is 0 Å². The number of carbonyl (C=O) groups excluding carboxylic acids is 2. The van der Waals surface area contributed by atoms with E-state index < -0.39 is 29.9 Å². The maximum absolute atomic E-state index is 14.1. The molecule has 3 aromatic carbocycles. The van der Waals surface area contributed by atoms with Crippen LogP contribution in [0.15, 0.2) is 77.8 Å². The number of hydrogen-bond acceptors (Lipinski definition) is 3. The van der Waals surface area contributed by atoms with Gasteiger partial charge in [-0.2, -0.15) is 13.2 Å². The minimum atomic E-state index is -4.48. The number of carbonyl (C=O) groups is 2. The van der Waals surface area contributed by atoms with Gasteiger partial charge in [-0.1, -0.05) is 60.1 Å². The highest BCUT2D eigenvalue weighted by Crippen LogP contribution is 2.45. The van der Waals surface area contributed by atoms with E-state index in [1.807, 2.05) is 37.3 Å². The molecule has 196 valence electrons. The molecule has 2 heterocycles. The third-order valence-corrected chi connectivity index (χ3v) is 6.97. The van der Waals surface area contributed by atoms with Gasteiger partial charge in [0.2, 0.25) is 5.91 Å². The highest BCUT2D eigenvalue weighted by Gasteiger charge is 2.45. The van der Waals surface area contributed by atoms with E-state index in [9.17, 15) is 22.8 Å². The van der Waals surface area contributed by atoms with Crippen LogP contribution in [0.25, 0.3) is 0 Å². The minimum Gasteiger partial charge on any atom is -0.353 e. The van der Waals surface area contributed by atoms with Gasteiger partial charge in [0, 0.05) is 23.7 Å². The third-order valence-electron chi connectivity index (χ3n) is 6.74. The number of nitrogens with zero attached hydrogens (tertiary/aromatic N) is 3. The summed E-state index contributed by atoms with van der Waals surface area (Å²) in [6, 6.07) is 17.4. The van der Waals surface area contributed by atoms with Crippen LogP contribution in [-0.4, -0.2) is 47.2 Å². The van der Waals surface area contributed by atoms with Gasteiger partial charge in [-0.3, -0.25) is 14.7 Å². The number of nitrogens with one attached hydrogen (secondary N) is 1. The number of rotatable bonds is 3. The lowest BCUT2D eigenvalue weighted by molar-refractivity contribution is -0.137. The number of amides is 3. The van der Waals surface area contributed by atoms with Crippen molar-refractivity contribution in [2.75, 3.05) is 19.6 Å². The first-order chi connectivity index (χ1) is 18.1. The second kappa shape index (κ2) is 10.1. The summed E-state index contributed by atoms with van der Waals surface area (Å²) in [5, 5.41) is 3.17. The topological polar surface area (TPSA) is 65.0 Å². The largest absolute Gasteiger partial charge is 0.416 e. The number of benzene rings is 3. The SMILES string of the molecule is Cc1ccccc1C1=NC(c2ccc(C(F)(F)F)cc2)C(c2cccc(Cl)c2)N1C(=O)N1CCNC(=O)C1. The summed E-state index contributed by atoms with van der Waals surface area (Å²) >= 11 is 6.33. The summed E-state index contributed by atoms with van der Waals surface area (Å²) in [7, 11) is 0. The minimum absolute atomic E-state index is 0.108. The standard InChI is InChI=1S/C28H24ClF3N4O2/c1-17-5-2-3-8-22(17)26-34-24(18-9-11-20(12-10-18)28(30,31)32)25(19-6-4-7-21(29)15-19)36(26)27(38)35-14-13-33-23(37)16-35/h2-12,15,24-25H,13-14,16H2,1H3,(H,33,37). The van der Waals surface area contributed by atoms with Gasteiger partial charge >= 0.3 is 12.2 Å². The number of urea groups is 1. The molecule has 2 atom stereocenters. The average molecular weight is 541 g/mol. The number of alkyl halides is 3. The first kappa shape index (κ1) is 25.8. The van der Waals surface area contributed by atoms with Gasteiger partial charge in [0.15, 0.2) is 0 Å². The summed E-state index contributed by atoms with van der Waals surface area (Å²) in [5.41, 5.74) is 2.00. The van der Waals surface area contributed by atoms with E-state index in [-0.39, 0.29) is 12.5 Å². The lowest BCUT2D eigenvalue weighted by Gasteiger charge is -2.35. The van der Waals surface area contributed by atoms with E-state index in [1.165, 1.54) is 17.0 Å². The second-order valence-corrected chi connectivity index (χ2v) is 9.69. The second-order valence-electron chi connectivity index (χ2n) is 9.26. The Kier molecular flexibility index (Phi) is 6.88. The van der Waals surface area contributed by atoms with Crippen molar-refractivity contribution in [1.82, 2.24) is 15.1 Å². The summed E-state index contributed by atoms with van der Waals surface area (Å²) < 4.78 is 39.8. The van der Waals surface area contributed by atoms with E-state index in [1.54, 1.807) is 23.1 Å². The van der Waals surface area contributed by atoms with Crippen molar-refractivity contribution in [3.05, 3.63) is 106 Å². The van der Waals surface area contributed by atoms with Crippen molar-refractivity contribution in [2.24, 2.45) is 4.99 Å². The fraction of sp³-hybridized carbons (Fsp3) is 0.250. The van der Waals surface area contributed by atoms with Crippen molar-refractivity contribution in [1.29, 1.82) is 0 Å². The molecule has 0 spiro atoms. The molecular weight excluding hydrogens is 517 g/mol. The molecular formula is C28H24ClF3N4O2. The van der Waals surface area contributed by atoms with Gasteiger partial charge in [-0.15, -0.1) is 0 Å². The number of hydrogen-bond donors (Lipinski definition) is 1. The summed E-state index contributed by atoms with van der Waals surface area (Å²) in [4.78, 5) is 34.2. The zero-order valence-electron chi connectivity index (χ0n) is 20.4. The molecule has 6 nitrogen and oxygen atoms in total. The molecule has 0 saturated carbocycles. The van der Waals surface area contributed by atoms with Crippen LogP contribution in [-0.2, 0) is 11.0 Å². The molecule has 0 bridgehead atoms. The Balaban J connectivity index is 1.67. The number of halogens is 4. The average Bonchev–Trinajstić information content (AvgIpc) is 3.28. The van der Waals surface area contributed by atoms with Crippen LogP contribution in [0.5, 0.6) is 0 Å². The normalized spacial score (nSPS) is 19.8. The van der Waals surface area contributed by atoms with Crippen molar-refractivity contribution >= 4 is 29.4 Å². The van der Waals surface area contributed by atoms with Crippen molar-refractivity contribution in [3.63, 3.8) is 0 Å². The van der Waals surface area contributed by atoms with Crippen molar-refractivity contribution in [2.45, 2.75) is 25.2 Å². The van der Waals surface area contributed by atoms with E-state index in [0.29, 0.717) is 40.6 Å². The predicted molar refractivity (Wildman–Crippen MR) is 138 cm³/mol. The lowest BCUT2D eigenvalue weighted by Crippen LogP contribution is -2.55. The summed E-state index contributed by atoms with van der Waals surface area (Å²) in [6.07, 6.45) is -4.48. The van der Waals surface area contributed by atoms with Crippen LogP contribution in [0.1, 0.15) is 39.9 Å². The number of aliphatic imine (C=N–C) groups is 1. The smallest absolute Gasteiger partial charge is 0.353 e. The number of aryl methyl sites for hydroxylation is 1. The Morgan fingerprint density at radius 1 is 1.03 bits per heavy atom. The van der Waals surface area contributed by atoms with Crippen molar-refractivity contribution < 1.29 is 22.8 Å². The zero-order valence-corrected chi connectivity index (χ0v) is 21.1. The molecule has 1 fully saturated rings. The molecule has 38 heavy (non-hydrogen) atoms. The summed E-state index contributed by atoms with van der Waals surface area (Å²) in [6.45, 7) is 2.42. The van der Waals surface area contributed by atoms with Crippen LogP contribution >= 0.6 is 11.6 Å². The Hall–Kier alpha value is -3.85. The lowest BCUT2D eigenvalue weighted by atomic mass is 9.93. The molecule has 3 amide bonds. The van der Waals surface area contributed by atoms with Gasteiger partial charge < -0.3 is 10.2 Å². The Labute approximate surface area is 222 Å². The van der Waals surface area contributed by atoms with E-state index in [2.05, 4.69) is 5.32 Å². The van der Waals surface area contributed by atoms with Gasteiger partial charge in [0.1, 0.15) is 18.4 Å². The number of piperazine rings is 1. The van der Waals surface area contributed by atoms with Crippen LogP contribution in [0.2, 0.25) is 5.02 Å². The molecule has 0 aliphatic carbocycles. The molecule has 0 aromatic heterocycles. The van der Waals surface area contributed by atoms with Crippen LogP contribution < -0.4 is 5.32 Å². The quantitative estimate of drug-likeness (QED) is 0.459. The Morgan fingerprint density at radius 3 is 2.42 bits per heavy atom. The molecule has 3 aromatic rings. The Bertz CT molecular complexity index is 1410. The fourth-order valence-electron chi connectivity index (χ4n) is 4.87. The van der Waals surface area contributed by atoms with E-state index >= 15 is 0 Å². The fourth-order valence-corrected chi connectivity index (χ4v) is 5.07. The first-order valence-corrected chi connectivity index (χ1v) is 12.4. The van der Waals surface area contributed by atoms with E-state index in [4.69, 9.17) is 16.6 Å². The van der Waals surface area contributed by atoms with Gasteiger partial charge in [-0.05, 0) is 47.9 Å². The molecule has 1 N–H and O–H groups in total. The molecule has 2 aliphatic rings. The highest BCUT2D eigenvalue weighted by atomic mass is 35.5. The highest BCUT2D eigenvalue weighted by molar-refractivity contribution is 6.30. The van der Waals surface area contributed by atoms with Crippen molar-refractivity contribution in [3.8, 4) is 0 Å². The third kappa shape index (κ3) is 4.98. The van der Waals surface area contributed by atoms with Gasteiger partial charge in [0.05, 0.1) is 11.6 Å². The molecule has 5 rings (SSSR count). The monoisotopic (exact) mass is 540 g/mol. The molecule has 0 radical (unpaired) electrons. The van der Waals surface area contributed by atoms with Crippen LogP contribution in [0.4, 0.5) is 18.0 Å². The maximum Gasteiger partial charge on any atom is 0.416 e. The molecule has 2 aliphatic heterocycles. The predicted octanol–water partition coefficient (Wildman–Crippen LogP) is 5.76. The zero-order chi connectivity index (χ0) is 27.0. The Morgan fingerprint density at radius 2 is 1.76 bits per heavy atom. The maximum atomic E-state index is 14.1.